The zero-order valence-corrected chi connectivity index (χ0v) is 21.3. The van der Waals surface area contributed by atoms with Gasteiger partial charge in [0.05, 0.1) is 16.6 Å². The minimum atomic E-state index is -4.68. The van der Waals surface area contributed by atoms with Crippen molar-refractivity contribution in [2.45, 2.75) is 19.0 Å². The molecule has 0 aliphatic rings. The molecule has 0 aliphatic carbocycles. The first kappa shape index (κ1) is 28.1. The first-order chi connectivity index (χ1) is 19.0. The number of hydrogen-bond acceptors (Lipinski definition) is 6. The van der Waals surface area contributed by atoms with Crippen LogP contribution in [0.1, 0.15) is 18.4 Å². The van der Waals surface area contributed by atoms with Crippen LogP contribution in [-0.2, 0) is 13.2 Å². The summed E-state index contributed by atoms with van der Waals surface area (Å²) in [6.45, 7) is 1.18. The second kappa shape index (κ2) is 11.8. The van der Waals surface area contributed by atoms with Gasteiger partial charge >= 0.3 is 12.2 Å². The number of halogens is 4. The molecule has 0 radical (unpaired) electrons. The van der Waals surface area contributed by atoms with E-state index < -0.39 is 29.3 Å². The molecule has 0 spiro atoms. The third kappa shape index (κ3) is 6.92. The van der Waals surface area contributed by atoms with Crippen LogP contribution in [0.15, 0.2) is 53.7 Å². The van der Waals surface area contributed by atoms with Crippen molar-refractivity contribution in [3.63, 3.8) is 0 Å². The van der Waals surface area contributed by atoms with Crippen LogP contribution in [0, 0.1) is 5.82 Å². The van der Waals surface area contributed by atoms with Crippen LogP contribution in [0.4, 0.5) is 39.7 Å². The number of aliphatic imine (C=N–C) groups is 1. The van der Waals surface area contributed by atoms with E-state index in [9.17, 15) is 22.4 Å². The highest BCUT2D eigenvalue weighted by Gasteiger charge is 2.31. The molecule has 11 nitrogen and oxygen atoms in total. The highest BCUT2D eigenvalue weighted by Crippen LogP contribution is 2.32. The summed E-state index contributed by atoms with van der Waals surface area (Å²) in [6, 6.07) is 7.43. The number of carbonyl (C=O) groups is 1. The lowest BCUT2D eigenvalue weighted by atomic mass is 10.1. The molecule has 4 aromatic rings. The number of benzene rings is 2. The number of urea groups is 1. The number of amides is 2. The van der Waals surface area contributed by atoms with Gasteiger partial charge in [-0.3, -0.25) is 4.99 Å². The van der Waals surface area contributed by atoms with E-state index in [1.54, 1.807) is 42.2 Å². The Morgan fingerprint density at radius 1 is 1.07 bits per heavy atom. The monoisotopic (exact) mass is 558 g/mol. The van der Waals surface area contributed by atoms with Crippen LogP contribution in [0.25, 0.3) is 22.3 Å². The Morgan fingerprint density at radius 3 is 2.52 bits per heavy atom. The number of carbonyl (C=O) groups excluding carboxylic acids is 1. The average Bonchev–Trinajstić information content (AvgIpc) is 3.22. The molecule has 2 aromatic heterocycles. The van der Waals surface area contributed by atoms with Crippen molar-refractivity contribution < 1.29 is 22.4 Å². The minimum absolute atomic E-state index is 0.0656. The smallest absolute Gasteiger partial charge is 0.370 e. The fourth-order valence-corrected chi connectivity index (χ4v) is 3.77. The van der Waals surface area contributed by atoms with Crippen molar-refractivity contribution in [1.29, 1.82) is 0 Å². The molecule has 210 valence electrons. The summed E-state index contributed by atoms with van der Waals surface area (Å²) in [6.07, 6.45) is -1.39. The average molecular weight is 559 g/mol. The van der Waals surface area contributed by atoms with Gasteiger partial charge in [-0.05, 0) is 43.2 Å². The number of rotatable bonds is 9. The number of nitrogens with one attached hydrogen (secondary N) is 3. The van der Waals surface area contributed by atoms with E-state index in [2.05, 4.69) is 36.0 Å². The molecule has 4 rings (SSSR count). The van der Waals surface area contributed by atoms with E-state index in [-0.39, 0.29) is 5.96 Å². The number of nitrogens with zero attached hydrogens (tertiary/aromatic N) is 5. The normalized spacial score (nSPS) is 11.3. The van der Waals surface area contributed by atoms with Crippen LogP contribution in [-0.4, -0.2) is 44.8 Å². The Balaban J connectivity index is 1.40. The Kier molecular flexibility index (Phi) is 8.31. The van der Waals surface area contributed by atoms with Gasteiger partial charge < -0.3 is 27.4 Å². The molecule has 0 bridgehead atoms. The van der Waals surface area contributed by atoms with Gasteiger partial charge in [-0.15, -0.1) is 0 Å². The summed E-state index contributed by atoms with van der Waals surface area (Å²) >= 11 is 0. The van der Waals surface area contributed by atoms with Crippen LogP contribution < -0.4 is 27.4 Å². The molecule has 0 saturated carbocycles. The van der Waals surface area contributed by atoms with Crippen molar-refractivity contribution in [3.05, 3.63) is 60.0 Å². The van der Waals surface area contributed by atoms with Gasteiger partial charge in [0.1, 0.15) is 11.5 Å². The summed E-state index contributed by atoms with van der Waals surface area (Å²) in [7, 11) is 1.75. The quantitative estimate of drug-likeness (QED) is 0.0886. The number of nitrogens with two attached hydrogens (primary N) is 2. The Morgan fingerprint density at radius 2 is 1.82 bits per heavy atom. The first-order valence-corrected chi connectivity index (χ1v) is 12.1. The van der Waals surface area contributed by atoms with Gasteiger partial charge in [0.15, 0.2) is 11.6 Å². The minimum Gasteiger partial charge on any atom is -0.370 e. The molecule has 7 N–H and O–H groups in total. The molecule has 0 saturated heterocycles. The van der Waals surface area contributed by atoms with Gasteiger partial charge in [0.25, 0.3) is 0 Å². The number of anilines is 3. The van der Waals surface area contributed by atoms with Gasteiger partial charge in [-0.1, -0.05) is 12.1 Å². The Hall–Kier alpha value is -4.95. The highest BCUT2D eigenvalue weighted by molar-refractivity contribution is 6.00. The van der Waals surface area contributed by atoms with Gasteiger partial charge in [-0.25, -0.2) is 18.9 Å². The predicted molar refractivity (Wildman–Crippen MR) is 144 cm³/mol. The zero-order chi connectivity index (χ0) is 28.9. The Bertz CT molecular complexity index is 1530. The summed E-state index contributed by atoms with van der Waals surface area (Å²) < 4.78 is 54.3. The maximum absolute atomic E-state index is 13.9. The topological polar surface area (TPSA) is 161 Å². The third-order valence-electron chi connectivity index (χ3n) is 5.70. The molecular formula is C25H26F4N10O. The first-order valence-electron chi connectivity index (χ1n) is 12.1. The van der Waals surface area contributed by atoms with Crippen LogP contribution in [0.3, 0.4) is 0 Å². The van der Waals surface area contributed by atoms with E-state index in [1.165, 1.54) is 0 Å². The van der Waals surface area contributed by atoms with Crippen LogP contribution >= 0.6 is 0 Å². The zero-order valence-electron chi connectivity index (χ0n) is 21.3. The second-order valence-electron chi connectivity index (χ2n) is 8.69. The fourth-order valence-electron chi connectivity index (χ4n) is 3.77. The van der Waals surface area contributed by atoms with E-state index in [1.807, 2.05) is 0 Å². The fraction of sp³-hybridized carbons (Fsp3) is 0.240. The lowest BCUT2D eigenvalue weighted by Gasteiger charge is -2.12. The molecule has 2 heterocycles. The molecule has 2 aromatic carbocycles. The number of guanidine groups is 1. The lowest BCUT2D eigenvalue weighted by Crippen LogP contribution is -2.23. The van der Waals surface area contributed by atoms with Crippen molar-refractivity contribution in [2.75, 3.05) is 29.0 Å². The number of aromatic nitrogens is 4. The van der Waals surface area contributed by atoms with Gasteiger partial charge in [0.2, 0.25) is 5.95 Å². The Labute approximate surface area is 225 Å². The molecule has 0 atom stereocenters. The van der Waals surface area contributed by atoms with Crippen molar-refractivity contribution in [3.8, 4) is 11.3 Å². The predicted octanol–water partition coefficient (Wildman–Crippen LogP) is 4.30. The highest BCUT2D eigenvalue weighted by atomic mass is 19.4. The van der Waals surface area contributed by atoms with E-state index >= 15 is 0 Å². The largest absolute Gasteiger partial charge is 0.416 e. The maximum Gasteiger partial charge on any atom is 0.416 e. The van der Waals surface area contributed by atoms with Crippen molar-refractivity contribution in [2.24, 2.45) is 23.5 Å². The SMILES string of the molecule is Cn1nc(-c2ccc(NC(=O)Nc3cc(C(F)(F)F)ccc3F)cc2)c2cnc(NCCCCN=C(N)N)nc21. The van der Waals surface area contributed by atoms with E-state index in [0.717, 1.165) is 12.8 Å². The molecule has 0 unspecified atom stereocenters. The van der Waals surface area contributed by atoms with Gasteiger partial charge in [-0.2, -0.15) is 23.3 Å². The standard InChI is InChI=1S/C25H26F4N10O/c1-39-21-17(13-34-23(37-21)33-11-3-2-10-32-22(30)31)20(38-39)14-4-7-16(8-5-14)35-24(40)36-19-12-15(25(27,28)29)6-9-18(19)26/h4-9,12-13H,2-3,10-11H2,1H3,(H4,30,31,32)(H,33,34,37)(H2,35,36,40). The number of alkyl halides is 3. The lowest BCUT2D eigenvalue weighted by molar-refractivity contribution is -0.137. The number of aryl methyl sites for hydroxylation is 1. The van der Waals surface area contributed by atoms with Crippen LogP contribution in [0.2, 0.25) is 0 Å². The van der Waals surface area contributed by atoms with Gasteiger partial charge in [0, 0.05) is 37.6 Å². The molecule has 40 heavy (non-hydrogen) atoms. The third-order valence-corrected chi connectivity index (χ3v) is 5.70. The summed E-state index contributed by atoms with van der Waals surface area (Å²) in [5, 5.41) is 13.0. The molecule has 0 fully saturated rings. The molecule has 15 heteroatoms. The second-order valence-corrected chi connectivity index (χ2v) is 8.69. The van der Waals surface area contributed by atoms with Crippen LogP contribution in [0.5, 0.6) is 0 Å². The number of fused-ring (bicyclic) bond motifs is 1. The molecule has 2 amide bonds. The van der Waals surface area contributed by atoms with E-state index in [0.29, 0.717) is 65.2 Å². The van der Waals surface area contributed by atoms with E-state index in [4.69, 9.17) is 11.5 Å². The van der Waals surface area contributed by atoms with Crippen molar-refractivity contribution >= 4 is 40.3 Å². The number of unbranched alkanes of at least 4 members (excludes halogenated alkanes) is 1. The maximum atomic E-state index is 13.9. The van der Waals surface area contributed by atoms with Crippen molar-refractivity contribution in [1.82, 2.24) is 19.7 Å². The summed E-state index contributed by atoms with van der Waals surface area (Å²) in [5.41, 5.74) is 11.2. The molecule has 0 aliphatic heterocycles. The summed E-state index contributed by atoms with van der Waals surface area (Å²) in [5.74, 6) is -0.480. The summed E-state index contributed by atoms with van der Waals surface area (Å²) in [4.78, 5) is 25.1. The molecular weight excluding hydrogens is 532 g/mol. The number of hydrogen-bond donors (Lipinski definition) is 5.